The summed E-state index contributed by atoms with van der Waals surface area (Å²) in [5, 5.41) is 6.30. The monoisotopic (exact) mass is 263 g/mol. The molecule has 1 aromatic rings. The number of carbonyl (C=O) groups excluding carboxylic acids is 1. The Balaban J connectivity index is 2.92. The van der Waals surface area contributed by atoms with E-state index < -0.39 is 0 Å². The molecule has 2 N–H and O–H groups in total. The smallest absolute Gasteiger partial charge is 0.255 e. The zero-order valence-electron chi connectivity index (χ0n) is 12.6. The molecule has 0 saturated heterocycles. The summed E-state index contributed by atoms with van der Waals surface area (Å²) in [5.74, 6) is 0.374. The number of hydrogen-bond donors (Lipinski definition) is 2. The first-order valence-electron chi connectivity index (χ1n) is 7.00. The molecular weight excluding hydrogens is 238 g/mol. The lowest BCUT2D eigenvalue weighted by Gasteiger charge is -2.21. The Morgan fingerprint density at radius 2 is 2.05 bits per heavy atom. The van der Waals surface area contributed by atoms with Gasteiger partial charge in [0.2, 0.25) is 0 Å². The van der Waals surface area contributed by atoms with Crippen LogP contribution in [0.15, 0.2) is 12.3 Å². The molecule has 1 heterocycles. The van der Waals surface area contributed by atoms with Crippen LogP contribution in [-0.2, 0) is 0 Å². The molecule has 0 aliphatic heterocycles. The van der Waals surface area contributed by atoms with Crippen molar-refractivity contribution in [1.29, 1.82) is 0 Å². The van der Waals surface area contributed by atoms with Crippen molar-refractivity contribution in [3.63, 3.8) is 0 Å². The number of nitrogens with one attached hydrogen (secondary N) is 2. The molecule has 4 heteroatoms. The number of carbonyl (C=O) groups is 1. The SMILES string of the molecule is CCNc1cc(C)ncc1C(=O)NC(CC)C(C)C. The van der Waals surface area contributed by atoms with Crippen LogP contribution >= 0.6 is 0 Å². The van der Waals surface area contributed by atoms with Crippen LogP contribution in [0.4, 0.5) is 5.69 Å². The fourth-order valence-electron chi connectivity index (χ4n) is 2.06. The maximum absolute atomic E-state index is 12.3. The molecule has 0 saturated carbocycles. The highest BCUT2D eigenvalue weighted by atomic mass is 16.1. The van der Waals surface area contributed by atoms with Gasteiger partial charge in [0.05, 0.1) is 11.3 Å². The number of pyridine rings is 1. The van der Waals surface area contributed by atoms with Crippen molar-refractivity contribution in [3.05, 3.63) is 23.5 Å². The van der Waals surface area contributed by atoms with Gasteiger partial charge in [-0.1, -0.05) is 20.8 Å². The Kier molecular flexibility index (Phi) is 5.80. The minimum atomic E-state index is -0.0519. The van der Waals surface area contributed by atoms with E-state index in [1.54, 1.807) is 6.20 Å². The third-order valence-corrected chi connectivity index (χ3v) is 3.21. The van der Waals surface area contributed by atoms with Gasteiger partial charge in [-0.2, -0.15) is 0 Å². The molecule has 0 bridgehead atoms. The van der Waals surface area contributed by atoms with Crippen molar-refractivity contribution in [2.45, 2.75) is 47.1 Å². The standard InChI is InChI=1S/C15H25N3O/c1-6-13(10(3)4)18-15(19)12-9-17-11(5)8-14(12)16-7-2/h8-10,13H,6-7H2,1-5H3,(H,16,17)(H,18,19). The predicted molar refractivity (Wildman–Crippen MR) is 79.5 cm³/mol. The number of rotatable bonds is 6. The van der Waals surface area contributed by atoms with Crippen molar-refractivity contribution in [1.82, 2.24) is 10.3 Å². The molecule has 1 aromatic heterocycles. The maximum Gasteiger partial charge on any atom is 0.255 e. The molecule has 4 nitrogen and oxygen atoms in total. The molecule has 1 rings (SSSR count). The van der Waals surface area contributed by atoms with Crippen molar-refractivity contribution in [2.24, 2.45) is 5.92 Å². The highest BCUT2D eigenvalue weighted by Gasteiger charge is 2.18. The molecule has 19 heavy (non-hydrogen) atoms. The van der Waals surface area contributed by atoms with E-state index in [1.807, 2.05) is 19.9 Å². The molecule has 0 aliphatic carbocycles. The molecule has 1 amide bonds. The molecule has 0 aliphatic rings. The number of aryl methyl sites for hydroxylation is 1. The summed E-state index contributed by atoms with van der Waals surface area (Å²) in [4.78, 5) is 16.6. The quantitative estimate of drug-likeness (QED) is 0.829. The van der Waals surface area contributed by atoms with E-state index in [-0.39, 0.29) is 11.9 Å². The molecule has 0 aromatic carbocycles. The Morgan fingerprint density at radius 1 is 1.37 bits per heavy atom. The van der Waals surface area contributed by atoms with Crippen LogP contribution in [-0.4, -0.2) is 23.5 Å². The van der Waals surface area contributed by atoms with E-state index >= 15 is 0 Å². The third kappa shape index (κ3) is 4.23. The third-order valence-electron chi connectivity index (χ3n) is 3.21. The van der Waals surface area contributed by atoms with E-state index in [1.165, 1.54) is 0 Å². The van der Waals surface area contributed by atoms with Gasteiger partial charge in [0, 0.05) is 24.5 Å². The van der Waals surface area contributed by atoms with Gasteiger partial charge in [0.15, 0.2) is 0 Å². The second-order valence-corrected chi connectivity index (χ2v) is 5.13. The summed E-state index contributed by atoms with van der Waals surface area (Å²) < 4.78 is 0. The number of nitrogens with zero attached hydrogens (tertiary/aromatic N) is 1. The second kappa shape index (κ2) is 7.12. The van der Waals surface area contributed by atoms with Gasteiger partial charge in [-0.05, 0) is 32.3 Å². The van der Waals surface area contributed by atoms with Gasteiger partial charge in [0.1, 0.15) is 0 Å². The first-order chi connectivity index (χ1) is 8.99. The van der Waals surface area contributed by atoms with E-state index in [9.17, 15) is 4.79 Å². The van der Waals surface area contributed by atoms with Crippen LogP contribution in [0.5, 0.6) is 0 Å². The lowest BCUT2D eigenvalue weighted by molar-refractivity contribution is 0.0925. The lowest BCUT2D eigenvalue weighted by Crippen LogP contribution is -2.38. The molecule has 1 atom stereocenters. The number of aromatic nitrogens is 1. The van der Waals surface area contributed by atoms with Crippen molar-refractivity contribution in [3.8, 4) is 0 Å². The summed E-state index contributed by atoms with van der Waals surface area (Å²) in [7, 11) is 0. The number of amides is 1. The molecule has 0 spiro atoms. The van der Waals surface area contributed by atoms with E-state index in [4.69, 9.17) is 0 Å². The Labute approximate surface area is 116 Å². The van der Waals surface area contributed by atoms with Gasteiger partial charge in [-0.15, -0.1) is 0 Å². The minimum Gasteiger partial charge on any atom is -0.385 e. The van der Waals surface area contributed by atoms with E-state index in [2.05, 4.69) is 36.4 Å². The fourth-order valence-corrected chi connectivity index (χ4v) is 2.06. The van der Waals surface area contributed by atoms with E-state index in [0.717, 1.165) is 24.3 Å². The van der Waals surface area contributed by atoms with Crippen molar-refractivity contribution >= 4 is 11.6 Å². The van der Waals surface area contributed by atoms with Gasteiger partial charge in [-0.25, -0.2) is 0 Å². The average molecular weight is 263 g/mol. The van der Waals surface area contributed by atoms with Crippen LogP contribution in [0.2, 0.25) is 0 Å². The minimum absolute atomic E-state index is 0.0519. The Hall–Kier alpha value is -1.58. The fraction of sp³-hybridized carbons (Fsp3) is 0.600. The molecule has 106 valence electrons. The van der Waals surface area contributed by atoms with Crippen LogP contribution in [0, 0.1) is 12.8 Å². The molecular formula is C15H25N3O. The number of hydrogen-bond acceptors (Lipinski definition) is 3. The first-order valence-corrected chi connectivity index (χ1v) is 7.00. The topological polar surface area (TPSA) is 54.0 Å². The largest absolute Gasteiger partial charge is 0.385 e. The van der Waals surface area contributed by atoms with Crippen molar-refractivity contribution < 1.29 is 4.79 Å². The summed E-state index contributed by atoms with van der Waals surface area (Å²) in [6.45, 7) is 11.0. The van der Waals surface area contributed by atoms with Crippen LogP contribution in [0.1, 0.15) is 50.2 Å². The maximum atomic E-state index is 12.3. The predicted octanol–water partition coefficient (Wildman–Crippen LogP) is 2.99. The number of anilines is 1. The van der Waals surface area contributed by atoms with Crippen LogP contribution < -0.4 is 10.6 Å². The molecule has 0 fully saturated rings. The lowest BCUT2D eigenvalue weighted by atomic mass is 10.0. The van der Waals surface area contributed by atoms with Crippen LogP contribution in [0.25, 0.3) is 0 Å². The second-order valence-electron chi connectivity index (χ2n) is 5.13. The average Bonchev–Trinajstić information content (AvgIpc) is 2.35. The Bertz CT molecular complexity index is 429. The van der Waals surface area contributed by atoms with Crippen LogP contribution in [0.3, 0.4) is 0 Å². The molecule has 1 unspecified atom stereocenters. The highest BCUT2D eigenvalue weighted by Crippen LogP contribution is 2.16. The first kappa shape index (κ1) is 15.5. The van der Waals surface area contributed by atoms with E-state index in [0.29, 0.717) is 11.5 Å². The summed E-state index contributed by atoms with van der Waals surface area (Å²) in [5.41, 5.74) is 2.38. The molecule has 0 radical (unpaired) electrons. The van der Waals surface area contributed by atoms with Gasteiger partial charge >= 0.3 is 0 Å². The van der Waals surface area contributed by atoms with Crippen molar-refractivity contribution in [2.75, 3.05) is 11.9 Å². The van der Waals surface area contributed by atoms with Gasteiger partial charge in [-0.3, -0.25) is 9.78 Å². The summed E-state index contributed by atoms with van der Waals surface area (Å²) >= 11 is 0. The highest BCUT2D eigenvalue weighted by molar-refractivity contribution is 5.99. The zero-order valence-corrected chi connectivity index (χ0v) is 12.6. The van der Waals surface area contributed by atoms with Gasteiger partial charge in [0.25, 0.3) is 5.91 Å². The normalized spacial score (nSPS) is 12.3. The van der Waals surface area contributed by atoms with Gasteiger partial charge < -0.3 is 10.6 Å². The zero-order chi connectivity index (χ0) is 14.4. The summed E-state index contributed by atoms with van der Waals surface area (Å²) in [6.07, 6.45) is 2.58. The Morgan fingerprint density at radius 3 is 2.58 bits per heavy atom. The summed E-state index contributed by atoms with van der Waals surface area (Å²) in [6, 6.07) is 2.11.